The highest BCUT2D eigenvalue weighted by molar-refractivity contribution is 6.04. The Morgan fingerprint density at radius 3 is 2.18 bits per heavy atom. The zero-order valence-corrected chi connectivity index (χ0v) is 14.4. The number of epoxide rings is 1. The minimum Gasteiger partial charge on any atom is -0.446 e. The highest BCUT2D eigenvalue weighted by Gasteiger charge is 2.96. The van der Waals surface area contributed by atoms with Gasteiger partial charge in [-0.1, -0.05) is 24.3 Å². The zero-order chi connectivity index (χ0) is 19.5. The van der Waals surface area contributed by atoms with Crippen molar-refractivity contribution in [2.24, 2.45) is 0 Å². The first-order chi connectivity index (χ1) is 13.4. The molecule has 28 heavy (non-hydrogen) atoms. The van der Waals surface area contributed by atoms with E-state index in [9.17, 15) is 25.2 Å². The molecule has 6 atom stereocenters. The number of hydrogen-bond acceptors (Lipinski definition) is 8. The summed E-state index contributed by atoms with van der Waals surface area (Å²) in [5, 5.41) is 44.1. The van der Waals surface area contributed by atoms with E-state index in [4.69, 9.17) is 14.2 Å². The average Bonchev–Trinajstić information content (AvgIpc) is 3.44. The van der Waals surface area contributed by atoms with Gasteiger partial charge in [-0.15, -0.1) is 0 Å². The van der Waals surface area contributed by atoms with Gasteiger partial charge in [-0.05, 0) is 29.7 Å². The molecule has 1 saturated heterocycles. The second kappa shape index (κ2) is 4.73. The van der Waals surface area contributed by atoms with Crippen LogP contribution >= 0.6 is 0 Å². The lowest BCUT2D eigenvalue weighted by atomic mass is 9.64. The molecule has 2 aromatic carbocycles. The second-order valence-electron chi connectivity index (χ2n) is 7.61. The third kappa shape index (κ3) is 1.45. The van der Waals surface area contributed by atoms with E-state index in [1.807, 2.05) is 12.1 Å². The molecule has 0 unspecified atom stereocenters. The summed E-state index contributed by atoms with van der Waals surface area (Å²) in [6.45, 7) is 0. The molecule has 4 N–H and O–H groups in total. The molecule has 0 amide bonds. The number of ketones is 1. The van der Waals surface area contributed by atoms with Gasteiger partial charge in [0.2, 0.25) is 5.60 Å². The number of benzene rings is 2. The van der Waals surface area contributed by atoms with Crippen LogP contribution in [-0.4, -0.2) is 67.6 Å². The molecule has 1 saturated carbocycles. The normalized spacial score (nSPS) is 41.8. The Kier molecular flexibility index (Phi) is 2.78. The quantitative estimate of drug-likeness (QED) is 0.444. The fourth-order valence-corrected chi connectivity index (χ4v) is 5.05. The van der Waals surface area contributed by atoms with Gasteiger partial charge in [0.25, 0.3) is 0 Å². The van der Waals surface area contributed by atoms with Crippen LogP contribution in [0.25, 0.3) is 10.8 Å². The molecule has 0 aromatic heterocycles. The molecule has 8 heteroatoms. The van der Waals surface area contributed by atoms with Crippen molar-refractivity contribution in [3.63, 3.8) is 0 Å². The molecule has 2 heterocycles. The Balaban J connectivity index is 1.63. The van der Waals surface area contributed by atoms with E-state index in [0.29, 0.717) is 16.9 Å². The van der Waals surface area contributed by atoms with E-state index in [0.717, 1.165) is 11.5 Å². The van der Waals surface area contributed by atoms with Crippen LogP contribution in [0.2, 0.25) is 0 Å². The maximum absolute atomic E-state index is 13.0. The summed E-state index contributed by atoms with van der Waals surface area (Å²) in [6, 6.07) is 10.5. The highest BCUT2D eigenvalue weighted by Crippen LogP contribution is 2.67. The van der Waals surface area contributed by atoms with E-state index in [-0.39, 0.29) is 0 Å². The maximum Gasteiger partial charge on any atom is 0.320 e. The molecule has 4 aliphatic rings. The maximum atomic E-state index is 13.0. The van der Waals surface area contributed by atoms with Crippen molar-refractivity contribution < 1.29 is 39.4 Å². The van der Waals surface area contributed by atoms with Crippen LogP contribution in [0, 0.1) is 0 Å². The average molecular weight is 384 g/mol. The van der Waals surface area contributed by atoms with Gasteiger partial charge in [0.15, 0.2) is 17.5 Å². The first kappa shape index (κ1) is 16.5. The largest absolute Gasteiger partial charge is 0.446 e. The summed E-state index contributed by atoms with van der Waals surface area (Å²) >= 11 is 0. The molecule has 2 aromatic rings. The van der Waals surface area contributed by atoms with Crippen molar-refractivity contribution in [3.05, 3.63) is 48.6 Å². The second-order valence-corrected chi connectivity index (χ2v) is 7.61. The summed E-state index contributed by atoms with van der Waals surface area (Å²) in [4.78, 5) is 13.0. The monoisotopic (exact) mass is 384 g/mol. The van der Waals surface area contributed by atoms with Gasteiger partial charge >= 0.3 is 5.79 Å². The van der Waals surface area contributed by atoms with Gasteiger partial charge in [-0.25, -0.2) is 0 Å². The number of ether oxygens (including phenoxy) is 3. The van der Waals surface area contributed by atoms with Gasteiger partial charge in [0.05, 0.1) is 5.39 Å². The van der Waals surface area contributed by atoms with Crippen LogP contribution in [0.1, 0.15) is 0 Å². The minimum atomic E-state index is -2.18. The Labute approximate surface area is 158 Å². The topological polar surface area (TPSA) is 129 Å². The van der Waals surface area contributed by atoms with Crippen LogP contribution in [0.5, 0.6) is 11.5 Å². The van der Waals surface area contributed by atoms with E-state index < -0.39 is 47.2 Å². The number of aliphatic hydroxyl groups excluding tert-OH is 4. The van der Waals surface area contributed by atoms with Gasteiger partial charge in [0.1, 0.15) is 29.8 Å². The Morgan fingerprint density at radius 1 is 0.893 bits per heavy atom. The lowest BCUT2D eigenvalue weighted by Crippen LogP contribution is -2.79. The standard InChI is InChI=1S/C20H16O8/c21-12-7-8-13(22)19-18(12,28-19)16(24)15(23)17(25)20(19)26-10-5-1-3-9-4-2-6-11(27-20)14(9)10/h1-8,12,15-17,21,23-25H/t12-,15-,16-,17+,18-,19-/m0/s1. The molecular formula is C20H16O8. The molecule has 0 radical (unpaired) electrons. The minimum absolute atomic E-state index is 0.331. The molecule has 6 rings (SSSR count). The fourth-order valence-electron chi connectivity index (χ4n) is 5.05. The predicted molar refractivity (Wildman–Crippen MR) is 92.7 cm³/mol. The van der Waals surface area contributed by atoms with Crippen molar-refractivity contribution >= 4 is 16.6 Å². The van der Waals surface area contributed by atoms with Crippen LogP contribution in [0.4, 0.5) is 0 Å². The first-order valence-electron chi connectivity index (χ1n) is 8.94. The number of carbonyl (C=O) groups is 1. The van der Waals surface area contributed by atoms with Gasteiger partial charge in [-0.2, -0.15) is 0 Å². The van der Waals surface area contributed by atoms with Gasteiger partial charge in [0, 0.05) is 0 Å². The first-order valence-corrected chi connectivity index (χ1v) is 8.94. The van der Waals surface area contributed by atoms with Crippen LogP contribution in [-0.2, 0) is 9.53 Å². The molecule has 0 bridgehead atoms. The Morgan fingerprint density at radius 2 is 1.54 bits per heavy atom. The van der Waals surface area contributed by atoms with Crippen molar-refractivity contribution in [2.45, 2.75) is 41.4 Å². The predicted octanol–water partition coefficient (Wildman–Crippen LogP) is -0.589. The van der Waals surface area contributed by atoms with Crippen LogP contribution in [0.3, 0.4) is 0 Å². The summed E-state index contributed by atoms with van der Waals surface area (Å²) in [6.07, 6.45) is -4.44. The van der Waals surface area contributed by atoms with E-state index >= 15 is 0 Å². The molecule has 1 spiro atoms. The number of hydrogen-bond donors (Lipinski definition) is 4. The molecule has 144 valence electrons. The highest BCUT2D eigenvalue weighted by atomic mass is 16.8. The fraction of sp³-hybridized carbons (Fsp3) is 0.350. The number of rotatable bonds is 0. The van der Waals surface area contributed by atoms with Crippen molar-refractivity contribution in [1.82, 2.24) is 0 Å². The molecule has 8 nitrogen and oxygen atoms in total. The van der Waals surface area contributed by atoms with Crippen molar-refractivity contribution in [3.8, 4) is 11.5 Å². The molecule has 2 aliphatic heterocycles. The van der Waals surface area contributed by atoms with Crippen LogP contribution < -0.4 is 9.47 Å². The van der Waals surface area contributed by atoms with Gasteiger partial charge < -0.3 is 34.6 Å². The third-order valence-corrected chi connectivity index (χ3v) is 6.36. The van der Waals surface area contributed by atoms with Crippen molar-refractivity contribution in [1.29, 1.82) is 0 Å². The SMILES string of the molecule is O=C1C=C[C@H](O)[C@@]23O[C@@]12C1(Oc2cccc4cccc(c24)O1)[C@H](O)[C@@H](O)[C@@H]3O. The number of carbonyl (C=O) groups excluding carboxylic acids is 1. The third-order valence-electron chi connectivity index (χ3n) is 6.36. The van der Waals surface area contributed by atoms with E-state index in [1.54, 1.807) is 24.3 Å². The molecule has 2 fully saturated rings. The molecule has 2 aliphatic carbocycles. The Bertz CT molecular complexity index is 1040. The summed E-state index contributed by atoms with van der Waals surface area (Å²) in [5.74, 6) is -2.15. The van der Waals surface area contributed by atoms with Gasteiger partial charge in [-0.3, -0.25) is 4.79 Å². The summed E-state index contributed by atoms with van der Waals surface area (Å²) in [5.41, 5.74) is -3.89. The summed E-state index contributed by atoms with van der Waals surface area (Å²) in [7, 11) is 0. The van der Waals surface area contributed by atoms with E-state index in [1.165, 1.54) is 6.08 Å². The molecular weight excluding hydrogens is 368 g/mol. The lowest BCUT2D eigenvalue weighted by Gasteiger charge is -2.51. The zero-order valence-electron chi connectivity index (χ0n) is 14.4. The Hall–Kier alpha value is -2.49. The lowest BCUT2D eigenvalue weighted by molar-refractivity contribution is -0.271. The smallest absolute Gasteiger partial charge is 0.320 e. The van der Waals surface area contributed by atoms with Crippen LogP contribution in [0.15, 0.2) is 48.6 Å². The number of aliphatic hydroxyl groups is 4. The summed E-state index contributed by atoms with van der Waals surface area (Å²) < 4.78 is 17.8. The van der Waals surface area contributed by atoms with Crippen molar-refractivity contribution in [2.75, 3.05) is 0 Å². The van der Waals surface area contributed by atoms with E-state index in [2.05, 4.69) is 0 Å².